The number of anilines is 1. The molecule has 8 nitrogen and oxygen atoms in total. The minimum Gasteiger partial charge on any atom is -0.496 e. The van der Waals surface area contributed by atoms with Gasteiger partial charge in [-0.2, -0.15) is 0 Å². The van der Waals surface area contributed by atoms with E-state index in [0.29, 0.717) is 29.8 Å². The minimum absolute atomic E-state index is 0.0948. The number of carboxylic acid groups (broad SMARTS) is 1. The molecule has 11 heteroatoms. The lowest BCUT2D eigenvalue weighted by Gasteiger charge is -2.13. The number of aliphatic carboxylic acids is 1. The van der Waals surface area contributed by atoms with Crippen LogP contribution >= 0.6 is 34.5 Å². The van der Waals surface area contributed by atoms with E-state index in [9.17, 15) is 9.59 Å². The fraction of sp³-hybridized carbons (Fsp3) is 0.321. The summed E-state index contributed by atoms with van der Waals surface area (Å²) in [6.45, 7) is 3.30. The monoisotopic (exact) mass is 592 g/mol. The number of amides is 1. The molecule has 0 fully saturated rings. The van der Waals surface area contributed by atoms with Crippen molar-refractivity contribution in [1.29, 1.82) is 0 Å². The summed E-state index contributed by atoms with van der Waals surface area (Å²) in [5, 5.41) is 14.3. The van der Waals surface area contributed by atoms with E-state index in [1.54, 1.807) is 7.11 Å². The number of carbonyl (C=O) groups is 2. The molecule has 39 heavy (non-hydrogen) atoms. The van der Waals surface area contributed by atoms with Crippen molar-refractivity contribution < 1.29 is 28.9 Å². The fourth-order valence-corrected chi connectivity index (χ4v) is 5.07. The topological polar surface area (TPSA) is 107 Å². The molecule has 3 rings (SSSR count). The highest BCUT2D eigenvalue weighted by atomic mass is 35.5. The van der Waals surface area contributed by atoms with Crippen molar-refractivity contribution in [1.82, 2.24) is 4.98 Å². The van der Waals surface area contributed by atoms with E-state index in [4.69, 9.17) is 42.5 Å². The molecule has 2 N–H and O–H groups in total. The Hall–Kier alpha value is -3.11. The zero-order valence-electron chi connectivity index (χ0n) is 21.9. The number of rotatable bonds is 14. The number of benzene rings is 2. The van der Waals surface area contributed by atoms with Crippen LogP contribution in [0.1, 0.15) is 54.1 Å². The second-order valence-electron chi connectivity index (χ2n) is 8.47. The van der Waals surface area contributed by atoms with E-state index in [0.717, 1.165) is 24.0 Å². The number of methoxy groups -OCH3 is 2. The zero-order chi connectivity index (χ0) is 28.4. The third-order valence-corrected chi connectivity index (χ3v) is 7.13. The summed E-state index contributed by atoms with van der Waals surface area (Å²) in [4.78, 5) is 28.7. The lowest BCUT2D eigenvalue weighted by molar-refractivity contribution is -0.135. The molecule has 0 aliphatic rings. The maximum absolute atomic E-state index is 12.9. The molecule has 0 atom stereocenters. The van der Waals surface area contributed by atoms with Crippen molar-refractivity contribution in [3.05, 3.63) is 68.2 Å². The smallest absolute Gasteiger partial charge is 0.371 e. The first-order valence-corrected chi connectivity index (χ1v) is 13.9. The fourth-order valence-electron chi connectivity index (χ4n) is 3.77. The molecule has 0 aliphatic carbocycles. The highest BCUT2D eigenvalue weighted by Crippen LogP contribution is 2.36. The predicted octanol–water partition coefficient (Wildman–Crippen LogP) is 7.55. The van der Waals surface area contributed by atoms with Gasteiger partial charge in [0, 0.05) is 34.2 Å². The molecule has 0 bridgehead atoms. The quantitative estimate of drug-likeness (QED) is 0.113. The van der Waals surface area contributed by atoms with Crippen LogP contribution in [0.3, 0.4) is 0 Å². The zero-order valence-corrected chi connectivity index (χ0v) is 24.2. The van der Waals surface area contributed by atoms with Gasteiger partial charge in [-0.1, -0.05) is 61.5 Å². The largest absolute Gasteiger partial charge is 0.496 e. The van der Waals surface area contributed by atoms with Gasteiger partial charge in [-0.05, 0) is 30.7 Å². The van der Waals surface area contributed by atoms with Crippen molar-refractivity contribution in [2.75, 3.05) is 26.1 Å². The van der Waals surface area contributed by atoms with Gasteiger partial charge in [0.15, 0.2) is 5.13 Å². The van der Waals surface area contributed by atoms with Gasteiger partial charge in [0.25, 0.3) is 5.91 Å². The summed E-state index contributed by atoms with van der Waals surface area (Å²) < 4.78 is 16.4. The number of nitrogens with zero attached hydrogens (tertiary/aromatic N) is 1. The van der Waals surface area contributed by atoms with E-state index in [-0.39, 0.29) is 26.9 Å². The number of hydrogen-bond donors (Lipinski definition) is 2. The number of ether oxygens (including phenoxy) is 3. The van der Waals surface area contributed by atoms with Gasteiger partial charge in [-0.3, -0.25) is 10.1 Å². The molecule has 0 saturated heterocycles. The Morgan fingerprint density at radius 2 is 1.87 bits per heavy atom. The van der Waals surface area contributed by atoms with Crippen LogP contribution in [-0.4, -0.2) is 42.8 Å². The number of carboxylic acids is 1. The number of aromatic nitrogens is 1. The van der Waals surface area contributed by atoms with Gasteiger partial charge in [-0.15, -0.1) is 11.3 Å². The van der Waals surface area contributed by atoms with Gasteiger partial charge in [0.05, 0.1) is 36.6 Å². The molecule has 0 saturated carbocycles. The Morgan fingerprint density at radius 3 is 2.51 bits per heavy atom. The number of carbonyl (C=O) groups excluding carboxylic acids is 1. The molecule has 3 aromatic rings. The van der Waals surface area contributed by atoms with Crippen molar-refractivity contribution in [2.45, 2.75) is 39.2 Å². The van der Waals surface area contributed by atoms with E-state index in [1.165, 1.54) is 49.5 Å². The first kappa shape index (κ1) is 30.4. The van der Waals surface area contributed by atoms with Crippen LogP contribution < -0.4 is 10.1 Å². The Balaban J connectivity index is 1.74. The van der Waals surface area contributed by atoms with Gasteiger partial charge in [0.1, 0.15) is 5.75 Å². The standard InChI is InChI=1S/C28H30Cl2N2O6S/c1-4-5-6-7-11-38-15-17-9-8-10-19(25(17)37-3)23-16-39-28(31-23)32-26(33)18-12-21(29)20(22(30)13-18)14-24(36-2)27(34)35/h8-10,12-14,16H,4-7,11,15H2,1-3H3,(H,34,35)(H,31,32,33)/b24-14-. The van der Waals surface area contributed by atoms with Gasteiger partial charge in [-0.25, -0.2) is 9.78 Å². The van der Waals surface area contributed by atoms with Crippen LogP contribution in [-0.2, 0) is 20.9 Å². The van der Waals surface area contributed by atoms with Crippen LogP contribution in [0.15, 0.2) is 41.5 Å². The first-order valence-electron chi connectivity index (χ1n) is 12.3. The molecule has 0 aliphatic heterocycles. The second-order valence-corrected chi connectivity index (χ2v) is 10.1. The number of unbranched alkanes of at least 4 members (excludes halogenated alkanes) is 3. The number of para-hydroxylation sites is 1. The minimum atomic E-state index is -1.27. The molecular formula is C28H30Cl2N2O6S. The highest BCUT2D eigenvalue weighted by molar-refractivity contribution is 7.14. The van der Waals surface area contributed by atoms with Gasteiger partial charge < -0.3 is 19.3 Å². The maximum atomic E-state index is 12.9. The Kier molecular flexibility index (Phi) is 11.6. The van der Waals surface area contributed by atoms with E-state index < -0.39 is 11.9 Å². The van der Waals surface area contributed by atoms with Crippen molar-refractivity contribution in [2.24, 2.45) is 0 Å². The van der Waals surface area contributed by atoms with Crippen LogP contribution in [0, 0.1) is 0 Å². The maximum Gasteiger partial charge on any atom is 0.371 e. The molecule has 0 unspecified atom stereocenters. The molecular weight excluding hydrogens is 563 g/mol. The van der Waals surface area contributed by atoms with Crippen molar-refractivity contribution >= 4 is 57.6 Å². The average Bonchev–Trinajstić information content (AvgIpc) is 3.38. The van der Waals surface area contributed by atoms with Crippen molar-refractivity contribution in [3.8, 4) is 17.0 Å². The average molecular weight is 594 g/mol. The Bertz CT molecular complexity index is 1320. The van der Waals surface area contributed by atoms with E-state index in [1.807, 2.05) is 23.6 Å². The Labute approximate surface area is 241 Å². The number of halogens is 2. The summed E-state index contributed by atoms with van der Waals surface area (Å²) in [5.41, 5.74) is 2.76. The molecule has 0 spiro atoms. The molecule has 0 radical (unpaired) electrons. The highest BCUT2D eigenvalue weighted by Gasteiger charge is 2.18. The predicted molar refractivity (Wildman–Crippen MR) is 155 cm³/mol. The number of hydrogen-bond acceptors (Lipinski definition) is 7. The second kappa shape index (κ2) is 14.9. The van der Waals surface area contributed by atoms with Crippen LogP contribution in [0.25, 0.3) is 17.3 Å². The van der Waals surface area contributed by atoms with E-state index in [2.05, 4.69) is 17.2 Å². The summed E-state index contributed by atoms with van der Waals surface area (Å²) >= 11 is 13.8. The lowest BCUT2D eigenvalue weighted by atomic mass is 10.1. The van der Waals surface area contributed by atoms with Crippen LogP contribution in [0.2, 0.25) is 10.0 Å². The normalized spacial score (nSPS) is 11.4. The number of thiazole rings is 1. The first-order chi connectivity index (χ1) is 18.8. The molecule has 2 aromatic carbocycles. The summed E-state index contributed by atoms with van der Waals surface area (Å²) in [6, 6.07) is 8.58. The number of nitrogens with one attached hydrogen (secondary N) is 1. The van der Waals surface area contributed by atoms with Crippen LogP contribution in [0.5, 0.6) is 5.75 Å². The summed E-state index contributed by atoms with van der Waals surface area (Å²) in [6.07, 6.45) is 5.76. The molecule has 1 aromatic heterocycles. The van der Waals surface area contributed by atoms with E-state index >= 15 is 0 Å². The SMILES string of the molecule is CCCCCCOCc1cccc(-c2csc(NC(=O)c3cc(Cl)c(/C=C(\OC)C(=O)O)c(Cl)c3)n2)c1OC. The summed E-state index contributed by atoms with van der Waals surface area (Å²) in [7, 11) is 2.83. The Morgan fingerprint density at radius 1 is 1.13 bits per heavy atom. The lowest BCUT2D eigenvalue weighted by Crippen LogP contribution is -2.12. The molecule has 1 heterocycles. The third-order valence-electron chi connectivity index (χ3n) is 5.75. The molecule has 1 amide bonds. The molecule has 208 valence electrons. The third kappa shape index (κ3) is 8.19. The van der Waals surface area contributed by atoms with Crippen LogP contribution in [0.4, 0.5) is 5.13 Å². The van der Waals surface area contributed by atoms with Gasteiger partial charge >= 0.3 is 5.97 Å². The summed E-state index contributed by atoms with van der Waals surface area (Å²) in [5.74, 6) is -1.42. The van der Waals surface area contributed by atoms with Crippen molar-refractivity contribution in [3.63, 3.8) is 0 Å². The van der Waals surface area contributed by atoms with Gasteiger partial charge in [0.2, 0.25) is 5.76 Å².